The Hall–Kier alpha value is -2.25. The van der Waals surface area contributed by atoms with E-state index in [4.69, 9.17) is 0 Å². The van der Waals surface area contributed by atoms with Crippen molar-refractivity contribution in [2.75, 3.05) is 13.1 Å². The number of piperidine rings is 1. The lowest BCUT2D eigenvalue weighted by Gasteiger charge is -2.34. The molecule has 0 aromatic heterocycles. The lowest BCUT2D eigenvalue weighted by Crippen LogP contribution is -2.44. The van der Waals surface area contributed by atoms with Gasteiger partial charge in [-0.05, 0) is 55.5 Å². The summed E-state index contributed by atoms with van der Waals surface area (Å²) in [6.45, 7) is 1.18. The molecule has 154 valence electrons. The highest BCUT2D eigenvalue weighted by Gasteiger charge is 2.38. The minimum absolute atomic E-state index is 0.0913. The molecule has 0 bridgehead atoms. The minimum atomic E-state index is -3.52. The zero-order chi connectivity index (χ0) is 20.4. The molecule has 29 heavy (non-hydrogen) atoms. The van der Waals surface area contributed by atoms with E-state index in [0.717, 1.165) is 18.4 Å². The van der Waals surface area contributed by atoms with Crippen LogP contribution >= 0.6 is 0 Å². The Morgan fingerprint density at radius 2 is 1.59 bits per heavy atom. The van der Waals surface area contributed by atoms with Gasteiger partial charge >= 0.3 is 0 Å². The van der Waals surface area contributed by atoms with Crippen LogP contribution in [0.15, 0.2) is 59.5 Å². The van der Waals surface area contributed by atoms with E-state index in [2.05, 4.69) is 0 Å². The molecular weight excluding hydrogens is 391 g/mol. The molecule has 1 amide bonds. The van der Waals surface area contributed by atoms with E-state index in [1.807, 2.05) is 4.90 Å². The van der Waals surface area contributed by atoms with Gasteiger partial charge in [0.25, 0.3) is 0 Å². The first-order chi connectivity index (χ1) is 13.9. The maximum atomic E-state index is 13.2. The molecule has 1 heterocycles. The molecule has 0 radical (unpaired) electrons. The first-order valence-electron chi connectivity index (χ1n) is 10.1. The van der Waals surface area contributed by atoms with Crippen LogP contribution in [0, 0.1) is 11.7 Å². The van der Waals surface area contributed by atoms with E-state index in [9.17, 15) is 17.6 Å². The van der Waals surface area contributed by atoms with Gasteiger partial charge in [-0.15, -0.1) is 0 Å². The molecule has 0 unspecified atom stereocenters. The smallest absolute Gasteiger partial charge is 0.243 e. The number of carbonyl (C=O) groups excluding carboxylic acids is 1. The van der Waals surface area contributed by atoms with Gasteiger partial charge in [-0.3, -0.25) is 4.79 Å². The number of carbonyl (C=O) groups is 1. The van der Waals surface area contributed by atoms with Crippen molar-refractivity contribution in [3.63, 3.8) is 0 Å². The van der Waals surface area contributed by atoms with Crippen molar-refractivity contribution in [3.05, 3.63) is 66.0 Å². The molecule has 2 aromatic carbocycles. The van der Waals surface area contributed by atoms with Crippen LogP contribution < -0.4 is 0 Å². The SMILES string of the molecule is O=C(C1CCN(S(=O)(=O)c2ccccc2)CC1)N(Cc1ccc(F)cc1)C1CC1. The molecular formula is C22H25FN2O3S. The predicted molar refractivity (Wildman–Crippen MR) is 108 cm³/mol. The predicted octanol–water partition coefficient (Wildman–Crippen LogP) is 3.42. The van der Waals surface area contributed by atoms with Crippen molar-refractivity contribution in [2.45, 2.75) is 43.2 Å². The maximum Gasteiger partial charge on any atom is 0.243 e. The summed E-state index contributed by atoms with van der Waals surface area (Å²) in [7, 11) is -3.52. The summed E-state index contributed by atoms with van der Waals surface area (Å²) in [5.74, 6) is -0.364. The van der Waals surface area contributed by atoms with Crippen LogP contribution in [0.5, 0.6) is 0 Å². The number of sulfonamides is 1. The second kappa shape index (κ2) is 8.24. The fourth-order valence-corrected chi connectivity index (χ4v) is 5.37. The average molecular weight is 417 g/mol. The van der Waals surface area contributed by atoms with Crippen molar-refractivity contribution in [2.24, 2.45) is 5.92 Å². The second-order valence-corrected chi connectivity index (χ2v) is 9.75. The number of benzene rings is 2. The molecule has 0 N–H and O–H groups in total. The third kappa shape index (κ3) is 4.51. The van der Waals surface area contributed by atoms with Gasteiger partial charge in [-0.1, -0.05) is 30.3 Å². The third-order valence-electron chi connectivity index (χ3n) is 5.72. The number of hydrogen-bond donors (Lipinski definition) is 0. The standard InChI is InChI=1S/C22H25FN2O3S/c23-19-8-6-17(7-9-19)16-25(20-10-11-20)22(26)18-12-14-24(15-13-18)29(27,28)21-4-2-1-3-5-21/h1-9,18,20H,10-16H2. The first kappa shape index (κ1) is 20.0. The van der Waals surface area contributed by atoms with Crippen LogP contribution in [0.4, 0.5) is 4.39 Å². The van der Waals surface area contributed by atoms with Crippen molar-refractivity contribution in [3.8, 4) is 0 Å². The van der Waals surface area contributed by atoms with Gasteiger partial charge in [0.2, 0.25) is 15.9 Å². The molecule has 0 atom stereocenters. The Labute approximate surface area is 171 Å². The average Bonchev–Trinajstić information content (AvgIpc) is 3.59. The number of hydrogen-bond acceptors (Lipinski definition) is 3. The van der Waals surface area contributed by atoms with Crippen LogP contribution in [0.3, 0.4) is 0 Å². The summed E-state index contributed by atoms with van der Waals surface area (Å²) in [5.41, 5.74) is 0.913. The molecule has 2 aliphatic rings. The van der Waals surface area contributed by atoms with Gasteiger partial charge in [0, 0.05) is 31.6 Å². The normalized spacial score (nSPS) is 18.5. The number of amides is 1. The van der Waals surface area contributed by atoms with Crippen molar-refractivity contribution in [1.29, 1.82) is 0 Å². The minimum Gasteiger partial charge on any atom is -0.335 e. The van der Waals surface area contributed by atoms with Crippen molar-refractivity contribution in [1.82, 2.24) is 9.21 Å². The Balaban J connectivity index is 1.40. The molecule has 2 fully saturated rings. The molecule has 1 aliphatic heterocycles. The molecule has 2 aromatic rings. The largest absolute Gasteiger partial charge is 0.335 e. The van der Waals surface area contributed by atoms with Gasteiger partial charge < -0.3 is 4.90 Å². The molecule has 1 saturated heterocycles. The van der Waals surface area contributed by atoms with Crippen molar-refractivity contribution < 1.29 is 17.6 Å². The van der Waals surface area contributed by atoms with E-state index >= 15 is 0 Å². The van der Waals surface area contributed by atoms with Crippen molar-refractivity contribution >= 4 is 15.9 Å². The Bertz CT molecular complexity index is 951. The van der Waals surface area contributed by atoms with Crippen LogP contribution in [0.1, 0.15) is 31.2 Å². The third-order valence-corrected chi connectivity index (χ3v) is 7.63. The summed E-state index contributed by atoms with van der Waals surface area (Å²) in [5, 5.41) is 0. The van der Waals surface area contributed by atoms with Crippen LogP contribution in [-0.2, 0) is 21.4 Å². The summed E-state index contributed by atoms with van der Waals surface area (Å²) < 4.78 is 40.2. The summed E-state index contributed by atoms with van der Waals surface area (Å²) in [4.78, 5) is 15.4. The van der Waals surface area contributed by atoms with Gasteiger partial charge in [0.15, 0.2) is 0 Å². The van der Waals surface area contributed by atoms with Gasteiger partial charge in [0.1, 0.15) is 5.82 Å². The summed E-state index contributed by atoms with van der Waals surface area (Å²) in [6.07, 6.45) is 3.04. The molecule has 5 nitrogen and oxygen atoms in total. The molecule has 4 rings (SSSR count). The lowest BCUT2D eigenvalue weighted by atomic mass is 9.96. The zero-order valence-electron chi connectivity index (χ0n) is 16.2. The number of halogens is 1. The Kier molecular flexibility index (Phi) is 5.69. The van der Waals surface area contributed by atoms with Crippen LogP contribution in [0.25, 0.3) is 0 Å². The van der Waals surface area contributed by atoms with E-state index in [1.54, 1.807) is 42.5 Å². The Morgan fingerprint density at radius 1 is 0.966 bits per heavy atom. The van der Waals surface area contributed by atoms with E-state index < -0.39 is 10.0 Å². The van der Waals surface area contributed by atoms with Gasteiger partial charge in [0.05, 0.1) is 4.90 Å². The number of nitrogens with zero attached hydrogens (tertiary/aromatic N) is 2. The molecule has 7 heteroatoms. The first-order valence-corrected chi connectivity index (χ1v) is 11.5. The van der Waals surface area contributed by atoms with E-state index in [1.165, 1.54) is 16.4 Å². The van der Waals surface area contributed by atoms with E-state index in [-0.39, 0.29) is 23.7 Å². The van der Waals surface area contributed by atoms with Crippen LogP contribution in [0.2, 0.25) is 0 Å². The lowest BCUT2D eigenvalue weighted by molar-refractivity contribution is -0.138. The fraction of sp³-hybridized carbons (Fsp3) is 0.409. The fourth-order valence-electron chi connectivity index (χ4n) is 3.88. The topological polar surface area (TPSA) is 57.7 Å². The maximum absolute atomic E-state index is 13.2. The summed E-state index contributed by atoms with van der Waals surface area (Å²) in [6, 6.07) is 14.9. The zero-order valence-corrected chi connectivity index (χ0v) is 17.0. The van der Waals surface area contributed by atoms with Gasteiger partial charge in [-0.2, -0.15) is 4.31 Å². The Morgan fingerprint density at radius 3 is 2.17 bits per heavy atom. The monoisotopic (exact) mass is 416 g/mol. The molecule has 1 saturated carbocycles. The highest BCUT2D eigenvalue weighted by Crippen LogP contribution is 2.32. The number of rotatable bonds is 6. The quantitative estimate of drug-likeness (QED) is 0.725. The molecule has 0 spiro atoms. The van der Waals surface area contributed by atoms with Gasteiger partial charge in [-0.25, -0.2) is 12.8 Å². The summed E-state index contributed by atoms with van der Waals surface area (Å²) >= 11 is 0. The highest BCUT2D eigenvalue weighted by atomic mass is 32.2. The van der Waals surface area contributed by atoms with E-state index in [0.29, 0.717) is 37.4 Å². The highest BCUT2D eigenvalue weighted by molar-refractivity contribution is 7.89. The molecule has 1 aliphatic carbocycles. The van der Waals surface area contributed by atoms with Crippen LogP contribution in [-0.4, -0.2) is 42.7 Å². The second-order valence-electron chi connectivity index (χ2n) is 7.82.